The van der Waals surface area contributed by atoms with Gasteiger partial charge in [0, 0.05) is 12.3 Å². The van der Waals surface area contributed by atoms with Crippen molar-refractivity contribution in [1.82, 2.24) is 0 Å². The second kappa shape index (κ2) is 8.29. The molecule has 10 nitrogen and oxygen atoms in total. The molecular weight excluding hydrogens is 368 g/mol. The van der Waals surface area contributed by atoms with Gasteiger partial charge in [-0.3, -0.25) is 10.1 Å². The van der Waals surface area contributed by atoms with Gasteiger partial charge < -0.3 is 14.4 Å². The molecule has 0 bridgehead atoms. The largest absolute Gasteiger partial charge is 0.465 e. The number of hydrogen-bond donors (Lipinski definition) is 0. The van der Waals surface area contributed by atoms with Crippen molar-refractivity contribution in [2.45, 2.75) is 0 Å². The van der Waals surface area contributed by atoms with Gasteiger partial charge in [0.2, 0.25) is 0 Å². The first-order valence-corrected chi connectivity index (χ1v) is 7.57. The first-order valence-electron chi connectivity index (χ1n) is 7.57. The van der Waals surface area contributed by atoms with Crippen molar-refractivity contribution < 1.29 is 24.0 Å². The summed E-state index contributed by atoms with van der Waals surface area (Å²) in [6.07, 6.45) is 5.42. The molecule has 0 spiro atoms. The zero-order valence-electron chi connectivity index (χ0n) is 14.7. The highest BCUT2D eigenvalue weighted by Gasteiger charge is 2.32. The van der Waals surface area contributed by atoms with Crippen molar-refractivity contribution in [1.29, 1.82) is 10.5 Å². The van der Waals surface area contributed by atoms with E-state index in [1.807, 2.05) is 0 Å². The molecule has 0 unspecified atom stereocenters. The normalized spacial score (nSPS) is 12.6. The van der Waals surface area contributed by atoms with Crippen molar-refractivity contribution in [3.63, 3.8) is 0 Å². The number of benzene rings is 1. The first-order chi connectivity index (χ1) is 13.4. The maximum atomic E-state index is 12.4. The molecule has 0 fully saturated rings. The van der Waals surface area contributed by atoms with Crippen LogP contribution in [0.1, 0.15) is 11.1 Å². The van der Waals surface area contributed by atoms with Gasteiger partial charge in [-0.05, 0) is 18.2 Å². The van der Waals surface area contributed by atoms with Gasteiger partial charge in [0.1, 0.15) is 23.5 Å². The molecule has 0 atom stereocenters. The third kappa shape index (κ3) is 3.57. The summed E-state index contributed by atoms with van der Waals surface area (Å²) in [6, 6.07) is 5.50. The highest BCUT2D eigenvalue weighted by Crippen LogP contribution is 2.36. The van der Waals surface area contributed by atoms with E-state index in [0.29, 0.717) is 0 Å². The number of carbonyl (C=O) groups excluding carboxylic acids is 2. The summed E-state index contributed by atoms with van der Waals surface area (Å²) in [5, 5.41) is 29.9. The predicted molar refractivity (Wildman–Crippen MR) is 94.3 cm³/mol. The molecule has 0 N–H and O–H groups in total. The fourth-order valence-electron chi connectivity index (χ4n) is 2.45. The van der Waals surface area contributed by atoms with Crippen LogP contribution in [-0.2, 0) is 19.1 Å². The molecule has 140 valence electrons. The van der Waals surface area contributed by atoms with E-state index in [1.54, 1.807) is 12.1 Å². The molecule has 10 heteroatoms. The molecule has 1 aliphatic rings. The van der Waals surface area contributed by atoms with Crippen LogP contribution in [0.4, 0.5) is 11.4 Å². The SMILES string of the molecule is COC(=O)C1=C(C(=O)OC)N(c2cc(C#N)c(C#N)cc2[N+](=O)[O-])C=CC=C1. The fraction of sp³-hybridized carbons (Fsp3) is 0.111. The quantitative estimate of drug-likeness (QED) is 0.433. The Labute approximate surface area is 158 Å². The van der Waals surface area contributed by atoms with Gasteiger partial charge in [-0.1, -0.05) is 6.08 Å². The maximum Gasteiger partial charge on any atom is 0.355 e. The van der Waals surface area contributed by atoms with Crippen LogP contribution < -0.4 is 4.90 Å². The summed E-state index contributed by atoms with van der Waals surface area (Å²) in [5.41, 5.74) is -1.66. The lowest BCUT2D eigenvalue weighted by atomic mass is 10.1. The standard InChI is InChI=1S/C18H12N4O6/c1-27-17(23)13-5-3-4-6-21(16(13)18(24)28-2)14-7-11(9-19)12(10-20)8-15(14)22(25)26/h3-8H,1-2H3. The van der Waals surface area contributed by atoms with Crippen LogP contribution in [0, 0.1) is 32.8 Å². The number of ether oxygens (including phenoxy) is 2. The first kappa shape index (κ1) is 19.9. The summed E-state index contributed by atoms with van der Waals surface area (Å²) in [6.45, 7) is 0. The molecule has 0 amide bonds. The molecule has 0 aliphatic carbocycles. The van der Waals surface area contributed by atoms with E-state index in [4.69, 9.17) is 10.00 Å². The summed E-state index contributed by atoms with van der Waals surface area (Å²) in [4.78, 5) is 36.4. The van der Waals surface area contributed by atoms with Gasteiger partial charge in [0.25, 0.3) is 5.69 Å². The molecular formula is C18H12N4O6. The Kier molecular flexibility index (Phi) is 5.89. The lowest BCUT2D eigenvalue weighted by Gasteiger charge is -2.23. The van der Waals surface area contributed by atoms with Crippen LogP contribution in [0.2, 0.25) is 0 Å². The molecule has 0 aromatic heterocycles. The van der Waals surface area contributed by atoms with Gasteiger partial charge in [-0.15, -0.1) is 0 Å². The van der Waals surface area contributed by atoms with E-state index in [-0.39, 0.29) is 28.1 Å². The van der Waals surface area contributed by atoms with E-state index in [0.717, 1.165) is 31.3 Å². The van der Waals surface area contributed by atoms with E-state index in [2.05, 4.69) is 4.74 Å². The molecule has 0 radical (unpaired) electrons. The van der Waals surface area contributed by atoms with Crippen LogP contribution in [0.5, 0.6) is 0 Å². The molecule has 0 saturated heterocycles. The number of allylic oxidation sites excluding steroid dienone is 2. The fourth-order valence-corrected chi connectivity index (χ4v) is 2.45. The van der Waals surface area contributed by atoms with Gasteiger partial charge in [-0.25, -0.2) is 9.59 Å². The van der Waals surface area contributed by atoms with Crippen molar-refractivity contribution in [2.24, 2.45) is 0 Å². The number of nitriles is 2. The Morgan fingerprint density at radius 3 is 2.21 bits per heavy atom. The number of hydrogen-bond acceptors (Lipinski definition) is 9. The zero-order chi connectivity index (χ0) is 20.8. The molecule has 2 rings (SSSR count). The Bertz CT molecular complexity index is 1040. The van der Waals surface area contributed by atoms with Crippen molar-refractivity contribution in [3.8, 4) is 12.1 Å². The number of rotatable bonds is 4. The second-order valence-corrected chi connectivity index (χ2v) is 5.18. The summed E-state index contributed by atoms with van der Waals surface area (Å²) in [7, 11) is 2.19. The van der Waals surface area contributed by atoms with E-state index in [1.165, 1.54) is 24.4 Å². The van der Waals surface area contributed by atoms with Gasteiger partial charge >= 0.3 is 11.9 Å². The number of esters is 2. The van der Waals surface area contributed by atoms with Gasteiger partial charge in [0.05, 0.1) is 35.8 Å². The molecule has 1 aliphatic heterocycles. The number of anilines is 1. The van der Waals surface area contributed by atoms with Gasteiger partial charge in [-0.2, -0.15) is 10.5 Å². The second-order valence-electron chi connectivity index (χ2n) is 5.18. The Morgan fingerprint density at radius 2 is 1.68 bits per heavy atom. The Morgan fingerprint density at radius 1 is 1.07 bits per heavy atom. The minimum Gasteiger partial charge on any atom is -0.465 e. The zero-order valence-corrected chi connectivity index (χ0v) is 14.7. The average Bonchev–Trinajstić information content (AvgIpc) is 2.94. The average molecular weight is 380 g/mol. The highest BCUT2D eigenvalue weighted by atomic mass is 16.6. The monoisotopic (exact) mass is 380 g/mol. The van der Waals surface area contributed by atoms with Crippen molar-refractivity contribution in [3.05, 3.63) is 69.1 Å². The minimum absolute atomic E-state index is 0.141. The van der Waals surface area contributed by atoms with Crippen LogP contribution in [0.25, 0.3) is 0 Å². The lowest BCUT2D eigenvalue weighted by Crippen LogP contribution is -2.27. The van der Waals surface area contributed by atoms with Gasteiger partial charge in [0.15, 0.2) is 0 Å². The third-order valence-corrected chi connectivity index (χ3v) is 3.70. The van der Waals surface area contributed by atoms with Crippen molar-refractivity contribution >= 4 is 23.3 Å². The highest BCUT2D eigenvalue weighted by molar-refractivity contribution is 6.06. The van der Waals surface area contributed by atoms with Crippen LogP contribution in [0.15, 0.2) is 47.8 Å². The number of nitro benzene ring substituents is 1. The summed E-state index contributed by atoms with van der Waals surface area (Å²) in [5.74, 6) is -1.84. The van der Waals surface area contributed by atoms with Crippen LogP contribution in [0.3, 0.4) is 0 Å². The Hall–Kier alpha value is -4.44. The molecule has 0 saturated carbocycles. The van der Waals surface area contributed by atoms with Crippen LogP contribution >= 0.6 is 0 Å². The van der Waals surface area contributed by atoms with E-state index in [9.17, 15) is 25.0 Å². The van der Waals surface area contributed by atoms with Crippen molar-refractivity contribution in [2.75, 3.05) is 19.1 Å². The predicted octanol–water partition coefficient (Wildman–Crippen LogP) is 1.83. The number of nitrogens with zero attached hydrogens (tertiary/aromatic N) is 4. The minimum atomic E-state index is -0.964. The van der Waals surface area contributed by atoms with E-state index >= 15 is 0 Å². The smallest absolute Gasteiger partial charge is 0.355 e. The molecule has 1 aromatic carbocycles. The molecule has 28 heavy (non-hydrogen) atoms. The summed E-state index contributed by atoms with van der Waals surface area (Å²) < 4.78 is 9.40. The number of methoxy groups -OCH3 is 2. The summed E-state index contributed by atoms with van der Waals surface area (Å²) >= 11 is 0. The molecule has 1 aromatic rings. The molecule has 1 heterocycles. The topological polar surface area (TPSA) is 147 Å². The van der Waals surface area contributed by atoms with E-state index < -0.39 is 22.5 Å². The Balaban J connectivity index is 2.89. The number of carbonyl (C=O) groups is 2. The van der Waals surface area contributed by atoms with Crippen LogP contribution in [-0.4, -0.2) is 31.1 Å². The number of nitro groups is 1. The lowest BCUT2D eigenvalue weighted by molar-refractivity contribution is -0.384. The maximum absolute atomic E-state index is 12.4. The third-order valence-electron chi connectivity index (χ3n) is 3.70.